The summed E-state index contributed by atoms with van der Waals surface area (Å²) >= 11 is 0. The summed E-state index contributed by atoms with van der Waals surface area (Å²) in [5, 5.41) is 15.9. The van der Waals surface area contributed by atoms with Gasteiger partial charge in [0.05, 0.1) is 6.20 Å². The van der Waals surface area contributed by atoms with Crippen LogP contribution in [0.3, 0.4) is 0 Å². The molecule has 1 unspecified atom stereocenters. The van der Waals surface area contributed by atoms with Gasteiger partial charge in [-0.3, -0.25) is 9.59 Å². The molecule has 0 spiro atoms. The topological polar surface area (TPSA) is 84.2 Å². The third-order valence-corrected chi connectivity index (χ3v) is 2.79. The Hall–Kier alpha value is -1.85. The Morgan fingerprint density at radius 1 is 1.37 bits per heavy atom. The van der Waals surface area contributed by atoms with Crippen LogP contribution in [-0.2, 0) is 9.59 Å². The fourth-order valence-electron chi connectivity index (χ4n) is 1.90. The van der Waals surface area contributed by atoms with Crippen LogP contribution in [0, 0.1) is 11.3 Å². The molecule has 0 aliphatic carbocycles. The lowest BCUT2D eigenvalue weighted by Gasteiger charge is -2.26. The van der Waals surface area contributed by atoms with Crippen molar-refractivity contribution >= 4 is 17.7 Å². The van der Waals surface area contributed by atoms with Gasteiger partial charge in [0.2, 0.25) is 5.91 Å². The second-order valence-electron chi connectivity index (χ2n) is 5.88. The van der Waals surface area contributed by atoms with E-state index in [-0.39, 0.29) is 6.04 Å². The summed E-state index contributed by atoms with van der Waals surface area (Å²) in [6, 6.07) is 1.74. The van der Waals surface area contributed by atoms with Crippen molar-refractivity contribution in [2.24, 2.45) is 11.3 Å². The average molecular weight is 267 g/mol. The monoisotopic (exact) mass is 267 g/mol. The minimum Gasteiger partial charge on any atom is -0.481 e. The first kappa shape index (κ1) is 15.2. The van der Waals surface area contributed by atoms with Crippen LogP contribution < -0.4 is 5.32 Å². The standard InChI is InChI=1S/C13H21N3O3/c1-8(2)16-9(6-7-14-16)15-11(17)10(12(18)19)13(3,4)5/h6-8,10H,1-5H3,(H,15,17)(H,18,19). The zero-order chi connectivity index (χ0) is 14.8. The van der Waals surface area contributed by atoms with Crippen molar-refractivity contribution in [3.05, 3.63) is 12.3 Å². The maximum Gasteiger partial charge on any atom is 0.316 e. The smallest absolute Gasteiger partial charge is 0.316 e. The molecule has 0 fully saturated rings. The van der Waals surface area contributed by atoms with E-state index < -0.39 is 23.2 Å². The van der Waals surface area contributed by atoms with Gasteiger partial charge in [-0.05, 0) is 19.3 Å². The van der Waals surface area contributed by atoms with Crippen molar-refractivity contribution < 1.29 is 14.7 Å². The molecule has 106 valence electrons. The number of anilines is 1. The third-order valence-electron chi connectivity index (χ3n) is 2.79. The van der Waals surface area contributed by atoms with Crippen molar-refractivity contribution in [1.82, 2.24) is 9.78 Å². The van der Waals surface area contributed by atoms with E-state index in [1.165, 1.54) is 0 Å². The molecule has 0 aliphatic heterocycles. The summed E-state index contributed by atoms with van der Waals surface area (Å²) < 4.78 is 1.64. The Morgan fingerprint density at radius 2 is 1.95 bits per heavy atom. The van der Waals surface area contributed by atoms with Crippen molar-refractivity contribution in [2.75, 3.05) is 5.32 Å². The van der Waals surface area contributed by atoms with Gasteiger partial charge in [0.25, 0.3) is 0 Å². The maximum atomic E-state index is 12.1. The molecule has 1 rings (SSSR count). The molecule has 6 nitrogen and oxygen atoms in total. The number of rotatable bonds is 4. The molecule has 0 aliphatic rings. The van der Waals surface area contributed by atoms with E-state index in [4.69, 9.17) is 0 Å². The number of carbonyl (C=O) groups excluding carboxylic acids is 1. The summed E-state index contributed by atoms with van der Waals surface area (Å²) in [6.07, 6.45) is 1.57. The van der Waals surface area contributed by atoms with Crippen LogP contribution in [0.4, 0.5) is 5.82 Å². The number of hydrogen-bond acceptors (Lipinski definition) is 3. The number of amides is 1. The lowest BCUT2D eigenvalue weighted by Crippen LogP contribution is -2.39. The highest BCUT2D eigenvalue weighted by molar-refractivity contribution is 6.04. The predicted octanol–water partition coefficient (Wildman–Crippen LogP) is 2.15. The number of nitrogens with zero attached hydrogens (tertiary/aromatic N) is 2. The van der Waals surface area contributed by atoms with Crippen LogP contribution in [0.2, 0.25) is 0 Å². The normalized spacial score (nSPS) is 13.4. The van der Waals surface area contributed by atoms with E-state index in [1.807, 2.05) is 13.8 Å². The molecule has 0 saturated carbocycles. The molecule has 19 heavy (non-hydrogen) atoms. The summed E-state index contributed by atoms with van der Waals surface area (Å²) in [5.41, 5.74) is -0.654. The van der Waals surface area contributed by atoms with Crippen LogP contribution >= 0.6 is 0 Å². The lowest BCUT2D eigenvalue weighted by atomic mass is 9.80. The molecule has 1 atom stereocenters. The number of aromatic nitrogens is 2. The highest BCUT2D eigenvalue weighted by Gasteiger charge is 2.38. The Bertz CT molecular complexity index is 472. The number of nitrogens with one attached hydrogen (secondary N) is 1. The quantitative estimate of drug-likeness (QED) is 0.819. The number of aliphatic carboxylic acids is 1. The van der Waals surface area contributed by atoms with Crippen molar-refractivity contribution in [1.29, 1.82) is 0 Å². The first-order chi connectivity index (χ1) is 8.64. The number of carboxylic acid groups (broad SMARTS) is 1. The molecule has 1 amide bonds. The molecule has 0 bridgehead atoms. The van der Waals surface area contributed by atoms with Crippen LogP contribution in [0.1, 0.15) is 40.7 Å². The van der Waals surface area contributed by atoms with E-state index in [0.29, 0.717) is 5.82 Å². The third kappa shape index (κ3) is 3.56. The van der Waals surface area contributed by atoms with Gasteiger partial charge in [-0.15, -0.1) is 0 Å². The summed E-state index contributed by atoms with van der Waals surface area (Å²) in [4.78, 5) is 23.4. The van der Waals surface area contributed by atoms with Crippen molar-refractivity contribution in [2.45, 2.75) is 40.7 Å². The molecular formula is C13H21N3O3. The van der Waals surface area contributed by atoms with Gasteiger partial charge in [-0.25, -0.2) is 4.68 Å². The van der Waals surface area contributed by atoms with Gasteiger partial charge < -0.3 is 10.4 Å². The molecule has 2 N–H and O–H groups in total. The van der Waals surface area contributed by atoms with E-state index in [9.17, 15) is 14.7 Å². The molecule has 6 heteroatoms. The fourth-order valence-corrected chi connectivity index (χ4v) is 1.90. The zero-order valence-electron chi connectivity index (χ0n) is 12.0. The van der Waals surface area contributed by atoms with Gasteiger partial charge in [0.1, 0.15) is 11.7 Å². The molecule has 0 radical (unpaired) electrons. The number of hydrogen-bond donors (Lipinski definition) is 2. The maximum absolute atomic E-state index is 12.1. The fraction of sp³-hybridized carbons (Fsp3) is 0.615. The molecule has 1 aromatic heterocycles. The second kappa shape index (κ2) is 5.42. The lowest BCUT2D eigenvalue weighted by molar-refractivity contribution is -0.149. The highest BCUT2D eigenvalue weighted by atomic mass is 16.4. The molecule has 1 heterocycles. The van der Waals surface area contributed by atoms with Crippen LogP contribution in [0.5, 0.6) is 0 Å². The van der Waals surface area contributed by atoms with E-state index >= 15 is 0 Å². The Kier molecular flexibility index (Phi) is 4.34. The van der Waals surface area contributed by atoms with Crippen LogP contribution in [0.15, 0.2) is 12.3 Å². The zero-order valence-corrected chi connectivity index (χ0v) is 12.0. The van der Waals surface area contributed by atoms with Crippen molar-refractivity contribution in [3.8, 4) is 0 Å². The van der Waals surface area contributed by atoms with Gasteiger partial charge in [0, 0.05) is 12.1 Å². The highest BCUT2D eigenvalue weighted by Crippen LogP contribution is 2.27. The largest absolute Gasteiger partial charge is 0.481 e. The predicted molar refractivity (Wildman–Crippen MR) is 71.8 cm³/mol. The van der Waals surface area contributed by atoms with E-state index in [2.05, 4.69) is 10.4 Å². The van der Waals surface area contributed by atoms with Crippen LogP contribution in [0.25, 0.3) is 0 Å². The Morgan fingerprint density at radius 3 is 2.37 bits per heavy atom. The summed E-state index contributed by atoms with van der Waals surface area (Å²) in [5.74, 6) is -2.25. The number of carbonyl (C=O) groups is 2. The first-order valence-electron chi connectivity index (χ1n) is 6.21. The number of carboxylic acids is 1. The summed E-state index contributed by atoms with van der Waals surface area (Å²) in [6.45, 7) is 9.05. The molecule has 1 aromatic rings. The van der Waals surface area contributed by atoms with E-state index in [0.717, 1.165) is 0 Å². The molecule has 0 saturated heterocycles. The first-order valence-corrected chi connectivity index (χ1v) is 6.21. The Labute approximate surface area is 112 Å². The molecular weight excluding hydrogens is 246 g/mol. The van der Waals surface area contributed by atoms with E-state index in [1.54, 1.807) is 37.7 Å². The van der Waals surface area contributed by atoms with Crippen LogP contribution in [-0.4, -0.2) is 26.8 Å². The van der Waals surface area contributed by atoms with Gasteiger partial charge in [0.15, 0.2) is 0 Å². The minimum absolute atomic E-state index is 0.0863. The molecule has 0 aromatic carbocycles. The Balaban J connectivity index is 2.95. The van der Waals surface area contributed by atoms with Gasteiger partial charge in [-0.1, -0.05) is 20.8 Å². The van der Waals surface area contributed by atoms with Gasteiger partial charge >= 0.3 is 5.97 Å². The minimum atomic E-state index is -1.12. The second-order valence-corrected chi connectivity index (χ2v) is 5.88. The van der Waals surface area contributed by atoms with Gasteiger partial charge in [-0.2, -0.15) is 5.10 Å². The average Bonchev–Trinajstić information content (AvgIpc) is 2.62. The van der Waals surface area contributed by atoms with Crippen molar-refractivity contribution in [3.63, 3.8) is 0 Å². The summed E-state index contributed by atoms with van der Waals surface area (Å²) in [7, 11) is 0. The SMILES string of the molecule is CC(C)n1nccc1NC(=O)C(C(=O)O)C(C)(C)C.